The van der Waals surface area contributed by atoms with Crippen molar-refractivity contribution in [3.05, 3.63) is 0 Å². The van der Waals surface area contributed by atoms with Gasteiger partial charge in [-0.2, -0.15) is 0 Å². The van der Waals surface area contributed by atoms with Gasteiger partial charge in [0.2, 0.25) is 17.7 Å². The van der Waals surface area contributed by atoms with Crippen molar-refractivity contribution in [1.82, 2.24) is 10.6 Å². The van der Waals surface area contributed by atoms with Crippen LogP contribution in [0.5, 0.6) is 0 Å². The number of amides is 3. The quantitative estimate of drug-likeness (QED) is 0.151. The zero-order valence-electron chi connectivity index (χ0n) is 16.3. The molecular formula is C16H27N3O11. The molecule has 0 saturated carbocycles. The first kappa shape index (κ1) is 25.7. The number of carboxylic acids is 1. The summed E-state index contributed by atoms with van der Waals surface area (Å²) in [5, 5.41) is 52.5. The largest absolute Gasteiger partial charge is 0.480 e. The number of nitrogens with one attached hydrogen (secondary N) is 2. The van der Waals surface area contributed by atoms with Crippen LogP contribution in [-0.4, -0.2) is 98.3 Å². The zero-order valence-corrected chi connectivity index (χ0v) is 16.3. The summed E-state index contributed by atoms with van der Waals surface area (Å²) in [7, 11) is 0. The second-order valence-corrected chi connectivity index (χ2v) is 6.87. The lowest BCUT2D eigenvalue weighted by molar-refractivity contribution is -0.356. The molecule has 0 bridgehead atoms. The standard InChI is InChI=1S/C16H27N3O11/c1-6(13(24)19-8(15(26)27)3-10(17)21)18-14(25)7(2)30-16(28)4-11(22)29-9(5-20)12(16)23/h6-9,11-12,20,22-23,28H,3-5H2,1-2H3,(H2,17,21)(H,18,25)(H,19,24)(H,26,27)/t6-,7-,8-,9+,11+,12+,16-/m0/s1. The molecule has 1 aliphatic heterocycles. The van der Waals surface area contributed by atoms with Crippen molar-refractivity contribution >= 4 is 23.7 Å². The molecule has 1 saturated heterocycles. The van der Waals surface area contributed by atoms with Crippen molar-refractivity contribution in [3.63, 3.8) is 0 Å². The van der Waals surface area contributed by atoms with Gasteiger partial charge in [-0.3, -0.25) is 14.4 Å². The van der Waals surface area contributed by atoms with Crippen LogP contribution in [0.2, 0.25) is 0 Å². The van der Waals surface area contributed by atoms with Crippen molar-refractivity contribution in [2.45, 2.75) is 69.2 Å². The number of aliphatic hydroxyl groups is 4. The summed E-state index contributed by atoms with van der Waals surface area (Å²) >= 11 is 0. The maximum absolute atomic E-state index is 12.3. The van der Waals surface area contributed by atoms with Crippen molar-refractivity contribution in [3.8, 4) is 0 Å². The predicted molar refractivity (Wildman–Crippen MR) is 95.1 cm³/mol. The zero-order chi connectivity index (χ0) is 23.2. The first-order chi connectivity index (χ1) is 13.8. The second-order valence-electron chi connectivity index (χ2n) is 6.87. The van der Waals surface area contributed by atoms with E-state index in [1.54, 1.807) is 0 Å². The minimum atomic E-state index is -2.43. The number of rotatable bonds is 10. The van der Waals surface area contributed by atoms with E-state index in [0.29, 0.717) is 0 Å². The number of carbonyl (C=O) groups excluding carboxylic acids is 3. The molecule has 0 aromatic carbocycles. The number of hydrogen-bond donors (Lipinski definition) is 8. The summed E-state index contributed by atoms with van der Waals surface area (Å²) < 4.78 is 10.0. The SMILES string of the molecule is C[C@H](NC(=O)[C@H](C)O[C@@]1(O)C[C@H](O)O[C@H](CO)[C@H]1O)C(=O)N[C@@H](CC(N)=O)C(=O)O. The average Bonchev–Trinajstić information content (AvgIpc) is 2.63. The molecular weight excluding hydrogens is 410 g/mol. The number of ether oxygens (including phenoxy) is 2. The van der Waals surface area contributed by atoms with Crippen LogP contribution in [0.15, 0.2) is 0 Å². The van der Waals surface area contributed by atoms with E-state index < -0.39 is 85.6 Å². The number of nitrogens with two attached hydrogens (primary N) is 1. The monoisotopic (exact) mass is 437 g/mol. The Labute approximate surface area is 170 Å². The van der Waals surface area contributed by atoms with Gasteiger partial charge < -0.3 is 51.4 Å². The van der Waals surface area contributed by atoms with Crippen LogP contribution >= 0.6 is 0 Å². The Kier molecular flexibility index (Phi) is 9.08. The molecule has 14 nitrogen and oxygen atoms in total. The molecule has 14 heteroatoms. The third-order valence-corrected chi connectivity index (χ3v) is 4.32. The Bertz CT molecular complexity index is 660. The minimum absolute atomic E-state index is 0.619. The van der Waals surface area contributed by atoms with Crippen LogP contribution in [0.3, 0.4) is 0 Å². The van der Waals surface area contributed by atoms with Crippen LogP contribution in [0, 0.1) is 0 Å². The molecule has 0 aliphatic carbocycles. The highest BCUT2D eigenvalue weighted by Crippen LogP contribution is 2.30. The fourth-order valence-electron chi connectivity index (χ4n) is 2.70. The Balaban J connectivity index is 2.71. The molecule has 172 valence electrons. The molecule has 0 unspecified atom stereocenters. The lowest BCUT2D eigenvalue weighted by atomic mass is 9.97. The summed E-state index contributed by atoms with van der Waals surface area (Å²) in [5.41, 5.74) is 4.92. The average molecular weight is 437 g/mol. The fourth-order valence-corrected chi connectivity index (χ4v) is 2.70. The van der Waals surface area contributed by atoms with Gasteiger partial charge in [0.1, 0.15) is 30.4 Å². The van der Waals surface area contributed by atoms with Crippen molar-refractivity contribution in [1.29, 1.82) is 0 Å². The minimum Gasteiger partial charge on any atom is -0.480 e. The predicted octanol–water partition coefficient (Wildman–Crippen LogP) is -4.51. The van der Waals surface area contributed by atoms with Gasteiger partial charge in [0.25, 0.3) is 0 Å². The molecule has 1 heterocycles. The molecule has 1 fully saturated rings. The molecule has 1 rings (SSSR count). The van der Waals surface area contributed by atoms with Crippen LogP contribution in [0.25, 0.3) is 0 Å². The van der Waals surface area contributed by atoms with E-state index in [-0.39, 0.29) is 0 Å². The highest BCUT2D eigenvalue weighted by molar-refractivity contribution is 5.92. The van der Waals surface area contributed by atoms with Gasteiger partial charge in [0, 0.05) is 0 Å². The molecule has 3 amide bonds. The number of primary amides is 1. The van der Waals surface area contributed by atoms with E-state index in [0.717, 1.165) is 0 Å². The molecule has 30 heavy (non-hydrogen) atoms. The van der Waals surface area contributed by atoms with E-state index in [2.05, 4.69) is 5.32 Å². The van der Waals surface area contributed by atoms with Gasteiger partial charge in [-0.25, -0.2) is 4.79 Å². The number of hydrogen-bond acceptors (Lipinski definition) is 10. The van der Waals surface area contributed by atoms with Gasteiger partial charge in [0.15, 0.2) is 12.1 Å². The fraction of sp³-hybridized carbons (Fsp3) is 0.750. The normalized spacial score (nSPS) is 29.3. The van der Waals surface area contributed by atoms with E-state index in [1.807, 2.05) is 5.32 Å². The van der Waals surface area contributed by atoms with Crippen molar-refractivity contribution in [2.24, 2.45) is 5.73 Å². The molecule has 0 radical (unpaired) electrons. The third-order valence-electron chi connectivity index (χ3n) is 4.32. The maximum atomic E-state index is 12.3. The summed E-state index contributed by atoms with van der Waals surface area (Å²) in [6.45, 7) is 1.68. The number of aliphatic hydroxyl groups excluding tert-OH is 3. The van der Waals surface area contributed by atoms with E-state index in [4.69, 9.17) is 25.4 Å². The van der Waals surface area contributed by atoms with Crippen molar-refractivity contribution in [2.75, 3.05) is 6.61 Å². The Morgan fingerprint density at radius 1 is 1.20 bits per heavy atom. The summed E-state index contributed by atoms with van der Waals surface area (Å²) in [5.74, 6) is -6.71. The van der Waals surface area contributed by atoms with Gasteiger partial charge >= 0.3 is 5.97 Å². The van der Waals surface area contributed by atoms with Crippen LogP contribution in [0.4, 0.5) is 0 Å². The summed E-state index contributed by atoms with van der Waals surface area (Å²) in [6, 6.07) is -2.85. The molecule has 0 spiro atoms. The first-order valence-corrected chi connectivity index (χ1v) is 8.95. The van der Waals surface area contributed by atoms with Gasteiger partial charge in [0.05, 0.1) is 19.4 Å². The molecule has 7 atom stereocenters. The second kappa shape index (κ2) is 10.6. The number of carbonyl (C=O) groups is 4. The lowest BCUT2D eigenvalue weighted by Crippen LogP contribution is -2.62. The highest BCUT2D eigenvalue weighted by atomic mass is 16.7. The van der Waals surface area contributed by atoms with Crippen LogP contribution in [-0.2, 0) is 28.7 Å². The lowest BCUT2D eigenvalue weighted by Gasteiger charge is -2.43. The molecule has 9 N–H and O–H groups in total. The number of carboxylic acid groups (broad SMARTS) is 1. The third kappa shape index (κ3) is 6.86. The van der Waals surface area contributed by atoms with Gasteiger partial charge in [-0.15, -0.1) is 0 Å². The molecule has 0 aromatic rings. The van der Waals surface area contributed by atoms with E-state index in [9.17, 15) is 34.5 Å². The van der Waals surface area contributed by atoms with Crippen LogP contribution < -0.4 is 16.4 Å². The van der Waals surface area contributed by atoms with Crippen molar-refractivity contribution < 1.29 is 54.2 Å². The summed E-state index contributed by atoms with van der Waals surface area (Å²) in [4.78, 5) is 46.3. The van der Waals surface area contributed by atoms with Gasteiger partial charge in [-0.05, 0) is 13.8 Å². The smallest absolute Gasteiger partial charge is 0.326 e. The highest BCUT2D eigenvalue weighted by Gasteiger charge is 2.50. The number of aliphatic carboxylic acids is 1. The summed E-state index contributed by atoms with van der Waals surface area (Å²) in [6.07, 6.45) is -7.43. The Hall–Kier alpha value is -2.36. The topological polar surface area (TPSA) is 238 Å². The molecule has 0 aromatic heterocycles. The van der Waals surface area contributed by atoms with Gasteiger partial charge in [-0.1, -0.05) is 0 Å². The van der Waals surface area contributed by atoms with Crippen LogP contribution in [0.1, 0.15) is 26.7 Å². The molecule has 1 aliphatic rings. The Morgan fingerprint density at radius 3 is 2.30 bits per heavy atom. The van der Waals surface area contributed by atoms with E-state index in [1.165, 1.54) is 13.8 Å². The van der Waals surface area contributed by atoms with E-state index >= 15 is 0 Å². The first-order valence-electron chi connectivity index (χ1n) is 8.95. The Morgan fingerprint density at radius 2 is 1.80 bits per heavy atom. The maximum Gasteiger partial charge on any atom is 0.326 e.